The van der Waals surface area contributed by atoms with Crippen LogP contribution in [-0.4, -0.2) is 40.9 Å². The maximum Gasteiger partial charge on any atom is 0.244 e. The molecule has 1 saturated heterocycles. The van der Waals surface area contributed by atoms with Gasteiger partial charge in [-0.1, -0.05) is 30.3 Å². The van der Waals surface area contributed by atoms with Crippen molar-refractivity contribution in [2.45, 2.75) is 32.2 Å². The number of hydrogen-bond donors (Lipinski definition) is 2. The summed E-state index contributed by atoms with van der Waals surface area (Å²) in [6, 6.07) is 10.9. The van der Waals surface area contributed by atoms with Gasteiger partial charge < -0.3 is 10.2 Å². The van der Waals surface area contributed by atoms with Crippen LogP contribution >= 0.6 is 0 Å². The number of hydrogen-bond acceptors (Lipinski definition) is 4. The van der Waals surface area contributed by atoms with Crippen molar-refractivity contribution in [2.75, 3.05) is 24.5 Å². The van der Waals surface area contributed by atoms with Gasteiger partial charge in [-0.3, -0.25) is 5.10 Å². The Balaban J connectivity index is 1.84. The van der Waals surface area contributed by atoms with Crippen LogP contribution in [0.2, 0.25) is 0 Å². The third-order valence-electron chi connectivity index (χ3n) is 4.21. The molecule has 21 heavy (non-hydrogen) atoms. The average molecular weight is 285 g/mol. The summed E-state index contributed by atoms with van der Waals surface area (Å²) in [6.45, 7) is 9.41. The van der Waals surface area contributed by atoms with Crippen LogP contribution in [0.15, 0.2) is 30.3 Å². The summed E-state index contributed by atoms with van der Waals surface area (Å²) in [4.78, 5) is 6.99. The van der Waals surface area contributed by atoms with Crippen molar-refractivity contribution in [3.05, 3.63) is 41.7 Å². The smallest absolute Gasteiger partial charge is 0.244 e. The van der Waals surface area contributed by atoms with Gasteiger partial charge in [-0.25, -0.2) is 0 Å². The van der Waals surface area contributed by atoms with Crippen molar-refractivity contribution in [2.24, 2.45) is 0 Å². The summed E-state index contributed by atoms with van der Waals surface area (Å²) in [7, 11) is 0. The van der Waals surface area contributed by atoms with Gasteiger partial charge >= 0.3 is 0 Å². The highest BCUT2D eigenvalue weighted by Crippen LogP contribution is 2.29. The van der Waals surface area contributed by atoms with Gasteiger partial charge in [0.05, 0.1) is 0 Å². The topological polar surface area (TPSA) is 56.8 Å². The lowest BCUT2D eigenvalue weighted by Gasteiger charge is -2.31. The van der Waals surface area contributed by atoms with E-state index in [0.29, 0.717) is 6.04 Å². The van der Waals surface area contributed by atoms with Crippen molar-refractivity contribution in [3.8, 4) is 0 Å². The molecule has 0 aliphatic carbocycles. The van der Waals surface area contributed by atoms with E-state index in [1.807, 2.05) is 6.07 Å². The maximum absolute atomic E-state index is 4.75. The summed E-state index contributed by atoms with van der Waals surface area (Å²) in [6.07, 6.45) is 0. The molecule has 2 heterocycles. The second kappa shape index (κ2) is 5.48. The first-order chi connectivity index (χ1) is 10.1. The van der Waals surface area contributed by atoms with Crippen molar-refractivity contribution in [1.29, 1.82) is 0 Å². The second-order valence-corrected chi connectivity index (χ2v) is 6.28. The van der Waals surface area contributed by atoms with Gasteiger partial charge in [0.15, 0.2) is 0 Å². The summed E-state index contributed by atoms with van der Waals surface area (Å²) in [5, 5.41) is 11.0. The van der Waals surface area contributed by atoms with E-state index in [4.69, 9.17) is 4.98 Å². The molecule has 0 saturated carbocycles. The van der Waals surface area contributed by atoms with Crippen molar-refractivity contribution >= 4 is 5.95 Å². The monoisotopic (exact) mass is 285 g/mol. The molecule has 0 spiro atoms. The van der Waals surface area contributed by atoms with E-state index in [2.05, 4.69) is 65.5 Å². The molecule has 1 fully saturated rings. The minimum absolute atomic E-state index is 0.174. The zero-order valence-corrected chi connectivity index (χ0v) is 12.9. The number of anilines is 1. The molecule has 1 atom stereocenters. The normalized spacial score (nSPS) is 19.8. The van der Waals surface area contributed by atoms with Crippen molar-refractivity contribution in [3.63, 3.8) is 0 Å². The molecule has 1 aromatic carbocycles. The molecule has 0 radical (unpaired) electrons. The van der Waals surface area contributed by atoms with Crippen molar-refractivity contribution < 1.29 is 0 Å². The van der Waals surface area contributed by atoms with Crippen LogP contribution in [-0.2, 0) is 5.41 Å². The zero-order chi connectivity index (χ0) is 14.9. The van der Waals surface area contributed by atoms with Crippen LogP contribution in [0.25, 0.3) is 0 Å². The molecule has 3 rings (SSSR count). The Hall–Kier alpha value is -1.88. The average Bonchev–Trinajstić information content (AvgIpc) is 2.99. The highest BCUT2D eigenvalue weighted by molar-refractivity contribution is 5.36. The fraction of sp³-hybridized carbons (Fsp3) is 0.500. The third-order valence-corrected chi connectivity index (χ3v) is 4.21. The third kappa shape index (κ3) is 2.78. The Labute approximate surface area is 125 Å². The molecule has 112 valence electrons. The van der Waals surface area contributed by atoms with E-state index in [1.54, 1.807) is 0 Å². The lowest BCUT2D eigenvalue weighted by molar-refractivity contribution is 0.479. The Morgan fingerprint density at radius 1 is 1.24 bits per heavy atom. The SMILES string of the molecule is CC1CN(c2n[nH]c(C(C)(C)c3ccccc3)n2)CCN1. The Kier molecular flexibility index (Phi) is 3.68. The lowest BCUT2D eigenvalue weighted by Crippen LogP contribution is -2.49. The summed E-state index contributed by atoms with van der Waals surface area (Å²) >= 11 is 0. The Bertz CT molecular complexity index is 590. The maximum atomic E-state index is 4.75. The molecule has 5 nitrogen and oxygen atoms in total. The summed E-state index contributed by atoms with van der Waals surface area (Å²) in [5.41, 5.74) is 1.06. The second-order valence-electron chi connectivity index (χ2n) is 6.28. The number of piperazine rings is 1. The Morgan fingerprint density at radius 3 is 2.71 bits per heavy atom. The number of nitrogens with zero attached hydrogens (tertiary/aromatic N) is 3. The van der Waals surface area contributed by atoms with E-state index in [9.17, 15) is 0 Å². The number of nitrogens with one attached hydrogen (secondary N) is 2. The molecule has 0 bridgehead atoms. The molecule has 1 aliphatic rings. The van der Waals surface area contributed by atoms with Crippen LogP contribution in [0.1, 0.15) is 32.2 Å². The molecule has 1 unspecified atom stereocenters. The van der Waals surface area contributed by atoms with E-state index in [0.717, 1.165) is 31.4 Å². The van der Waals surface area contributed by atoms with Crippen LogP contribution in [0.3, 0.4) is 0 Å². The zero-order valence-electron chi connectivity index (χ0n) is 12.9. The van der Waals surface area contributed by atoms with Gasteiger partial charge in [0.1, 0.15) is 5.82 Å². The number of aromatic amines is 1. The standard InChI is InChI=1S/C16H23N5/c1-12-11-21(10-9-17-12)15-18-14(19-20-15)16(2,3)13-7-5-4-6-8-13/h4-8,12,17H,9-11H2,1-3H3,(H,18,19,20). The number of rotatable bonds is 3. The van der Waals surface area contributed by atoms with Gasteiger partial charge in [0.25, 0.3) is 0 Å². The van der Waals surface area contributed by atoms with Crippen LogP contribution in [0.5, 0.6) is 0 Å². The first-order valence-electron chi connectivity index (χ1n) is 7.54. The quantitative estimate of drug-likeness (QED) is 0.905. The van der Waals surface area contributed by atoms with E-state index in [-0.39, 0.29) is 5.41 Å². The first-order valence-corrected chi connectivity index (χ1v) is 7.54. The molecular formula is C16H23N5. The minimum atomic E-state index is -0.174. The highest BCUT2D eigenvalue weighted by atomic mass is 15.4. The summed E-state index contributed by atoms with van der Waals surface area (Å²) in [5.74, 6) is 1.72. The van der Waals surface area contributed by atoms with Crippen molar-refractivity contribution in [1.82, 2.24) is 20.5 Å². The molecule has 1 aliphatic heterocycles. The van der Waals surface area contributed by atoms with E-state index < -0.39 is 0 Å². The molecule has 2 aromatic rings. The number of H-pyrrole nitrogens is 1. The van der Waals surface area contributed by atoms with Crippen LogP contribution in [0, 0.1) is 0 Å². The van der Waals surface area contributed by atoms with Crippen LogP contribution in [0.4, 0.5) is 5.95 Å². The predicted octanol–water partition coefficient (Wildman–Crippen LogP) is 1.93. The fourth-order valence-electron chi connectivity index (χ4n) is 2.78. The van der Waals surface area contributed by atoms with Gasteiger partial charge in [-0.05, 0) is 26.3 Å². The van der Waals surface area contributed by atoms with Crippen LogP contribution < -0.4 is 10.2 Å². The van der Waals surface area contributed by atoms with Gasteiger partial charge in [0, 0.05) is 31.1 Å². The van der Waals surface area contributed by atoms with E-state index in [1.165, 1.54) is 5.56 Å². The van der Waals surface area contributed by atoms with E-state index >= 15 is 0 Å². The molecule has 1 aromatic heterocycles. The largest absolute Gasteiger partial charge is 0.337 e. The molecular weight excluding hydrogens is 262 g/mol. The summed E-state index contributed by atoms with van der Waals surface area (Å²) < 4.78 is 0. The molecule has 5 heteroatoms. The number of aromatic nitrogens is 3. The van der Waals surface area contributed by atoms with Gasteiger partial charge in [0.2, 0.25) is 5.95 Å². The highest BCUT2D eigenvalue weighted by Gasteiger charge is 2.28. The molecule has 0 amide bonds. The van der Waals surface area contributed by atoms with Gasteiger partial charge in [-0.15, -0.1) is 5.10 Å². The van der Waals surface area contributed by atoms with Gasteiger partial charge in [-0.2, -0.15) is 4.98 Å². The predicted molar refractivity (Wildman–Crippen MR) is 84.6 cm³/mol. The Morgan fingerprint density at radius 2 is 2.00 bits per heavy atom. The lowest BCUT2D eigenvalue weighted by atomic mass is 9.84. The number of benzene rings is 1. The fourth-order valence-corrected chi connectivity index (χ4v) is 2.78. The molecule has 2 N–H and O–H groups in total. The first kappa shape index (κ1) is 14.1. The minimum Gasteiger partial charge on any atom is -0.337 e.